The summed E-state index contributed by atoms with van der Waals surface area (Å²) in [6.07, 6.45) is 0.377. The van der Waals surface area contributed by atoms with Crippen molar-refractivity contribution in [1.29, 1.82) is 0 Å². The van der Waals surface area contributed by atoms with E-state index in [9.17, 15) is 9.59 Å². The Morgan fingerprint density at radius 1 is 1.41 bits per heavy atom. The van der Waals surface area contributed by atoms with Gasteiger partial charge in [-0.15, -0.1) is 0 Å². The average Bonchev–Trinajstić information content (AvgIpc) is 2.95. The molecule has 0 unspecified atom stereocenters. The van der Waals surface area contributed by atoms with Crippen LogP contribution in [0.3, 0.4) is 0 Å². The summed E-state index contributed by atoms with van der Waals surface area (Å²) in [7, 11) is 1.61. The van der Waals surface area contributed by atoms with Crippen LogP contribution in [0.4, 0.5) is 0 Å². The quantitative estimate of drug-likeness (QED) is 0.751. The van der Waals surface area contributed by atoms with Crippen LogP contribution >= 0.6 is 0 Å². The zero-order valence-corrected chi connectivity index (χ0v) is 10.8. The van der Waals surface area contributed by atoms with Gasteiger partial charge in [-0.2, -0.15) is 0 Å². The molecule has 0 aromatic rings. The summed E-state index contributed by atoms with van der Waals surface area (Å²) in [5.41, 5.74) is -0.0578. The number of carboxylic acid groups (broad SMARTS) is 1. The Morgan fingerprint density at radius 2 is 2.00 bits per heavy atom. The lowest BCUT2D eigenvalue weighted by Crippen LogP contribution is -2.41. The fourth-order valence-electron chi connectivity index (χ4n) is 1.83. The van der Waals surface area contributed by atoms with E-state index in [0.29, 0.717) is 13.0 Å². The van der Waals surface area contributed by atoms with Crippen molar-refractivity contribution < 1.29 is 19.4 Å². The van der Waals surface area contributed by atoms with E-state index in [-0.39, 0.29) is 23.3 Å². The zero-order chi connectivity index (χ0) is 13.2. The topological polar surface area (TPSA) is 75.6 Å². The number of carboxylic acids is 1. The van der Waals surface area contributed by atoms with Gasteiger partial charge in [0.15, 0.2) is 0 Å². The van der Waals surface area contributed by atoms with Crippen molar-refractivity contribution in [2.24, 2.45) is 17.3 Å². The number of hydrogen-bond donors (Lipinski definition) is 2. The maximum Gasteiger partial charge on any atom is 0.307 e. The van der Waals surface area contributed by atoms with Gasteiger partial charge in [-0.3, -0.25) is 9.59 Å². The summed E-state index contributed by atoms with van der Waals surface area (Å²) < 4.78 is 5.31. The van der Waals surface area contributed by atoms with Crippen molar-refractivity contribution in [3.8, 4) is 0 Å². The molecule has 5 heteroatoms. The van der Waals surface area contributed by atoms with E-state index in [0.717, 1.165) is 0 Å². The average molecular weight is 243 g/mol. The molecule has 17 heavy (non-hydrogen) atoms. The van der Waals surface area contributed by atoms with Gasteiger partial charge in [0.2, 0.25) is 5.91 Å². The second kappa shape index (κ2) is 5.04. The number of carbonyl (C=O) groups excluding carboxylic acids is 1. The van der Waals surface area contributed by atoms with Crippen molar-refractivity contribution in [2.75, 3.05) is 13.7 Å². The molecule has 1 aliphatic carbocycles. The largest absolute Gasteiger partial charge is 0.481 e. The van der Waals surface area contributed by atoms with Gasteiger partial charge in [-0.05, 0) is 11.8 Å². The summed E-state index contributed by atoms with van der Waals surface area (Å²) >= 11 is 0. The van der Waals surface area contributed by atoms with Crippen LogP contribution in [-0.2, 0) is 14.3 Å². The normalized spacial score (nSPS) is 25.2. The highest BCUT2D eigenvalue weighted by molar-refractivity contribution is 5.89. The molecule has 0 saturated heterocycles. The third kappa shape index (κ3) is 3.70. The second-order valence-corrected chi connectivity index (χ2v) is 5.62. The van der Waals surface area contributed by atoms with Crippen LogP contribution < -0.4 is 5.32 Å². The van der Waals surface area contributed by atoms with Crippen molar-refractivity contribution in [3.63, 3.8) is 0 Å². The highest BCUT2D eigenvalue weighted by atomic mass is 16.5. The number of carbonyl (C=O) groups is 2. The standard InChI is InChI=1S/C12H21NO4/c1-12(2,3)9(17-4)6-13-10(14)7-5-8(7)11(15)16/h7-9H,5-6H2,1-4H3,(H,13,14)(H,15,16)/t7-,8-,9-/m1/s1. The summed E-state index contributed by atoms with van der Waals surface area (Å²) in [6.45, 7) is 6.52. The Kier molecular flexibility index (Phi) is 4.14. The Morgan fingerprint density at radius 3 is 2.35 bits per heavy atom. The molecule has 1 saturated carbocycles. The summed E-state index contributed by atoms with van der Waals surface area (Å²) in [5.74, 6) is -1.91. The van der Waals surface area contributed by atoms with Gasteiger partial charge >= 0.3 is 5.97 Å². The number of nitrogens with one attached hydrogen (secondary N) is 1. The Balaban J connectivity index is 2.36. The number of hydrogen-bond acceptors (Lipinski definition) is 3. The van der Waals surface area contributed by atoms with E-state index >= 15 is 0 Å². The van der Waals surface area contributed by atoms with Gasteiger partial charge < -0.3 is 15.2 Å². The van der Waals surface area contributed by atoms with Crippen LogP contribution in [0.1, 0.15) is 27.2 Å². The van der Waals surface area contributed by atoms with E-state index in [4.69, 9.17) is 9.84 Å². The van der Waals surface area contributed by atoms with E-state index < -0.39 is 11.9 Å². The monoisotopic (exact) mass is 243 g/mol. The molecule has 5 nitrogen and oxygen atoms in total. The highest BCUT2D eigenvalue weighted by Gasteiger charge is 2.48. The molecule has 0 aliphatic heterocycles. The molecule has 1 amide bonds. The van der Waals surface area contributed by atoms with Crippen molar-refractivity contribution in [3.05, 3.63) is 0 Å². The van der Waals surface area contributed by atoms with Crippen LogP contribution in [0, 0.1) is 17.3 Å². The van der Waals surface area contributed by atoms with Gasteiger partial charge in [0.25, 0.3) is 0 Å². The molecule has 0 bridgehead atoms. The van der Waals surface area contributed by atoms with Gasteiger partial charge in [0, 0.05) is 13.7 Å². The molecule has 0 spiro atoms. The summed E-state index contributed by atoms with van der Waals surface area (Å²) in [5, 5.41) is 11.5. The second-order valence-electron chi connectivity index (χ2n) is 5.62. The third-order valence-electron chi connectivity index (χ3n) is 3.16. The smallest absolute Gasteiger partial charge is 0.307 e. The molecule has 98 valence electrons. The molecular weight excluding hydrogens is 222 g/mol. The fraction of sp³-hybridized carbons (Fsp3) is 0.833. The number of amides is 1. The van der Waals surface area contributed by atoms with Crippen molar-refractivity contribution in [2.45, 2.75) is 33.3 Å². The van der Waals surface area contributed by atoms with Crippen LogP contribution in [0.2, 0.25) is 0 Å². The molecule has 1 fully saturated rings. The first-order valence-electron chi connectivity index (χ1n) is 5.80. The van der Waals surface area contributed by atoms with Crippen molar-refractivity contribution in [1.82, 2.24) is 5.32 Å². The van der Waals surface area contributed by atoms with E-state index in [1.807, 2.05) is 20.8 Å². The van der Waals surface area contributed by atoms with Gasteiger partial charge in [0.05, 0.1) is 17.9 Å². The molecular formula is C12H21NO4. The fourth-order valence-corrected chi connectivity index (χ4v) is 1.83. The van der Waals surface area contributed by atoms with E-state index in [2.05, 4.69) is 5.32 Å². The maximum absolute atomic E-state index is 11.6. The van der Waals surface area contributed by atoms with E-state index in [1.54, 1.807) is 7.11 Å². The molecule has 1 aliphatic rings. The predicted octanol–water partition coefficient (Wildman–Crippen LogP) is 0.884. The maximum atomic E-state index is 11.6. The van der Waals surface area contributed by atoms with Gasteiger partial charge in [-0.25, -0.2) is 0 Å². The molecule has 0 aromatic carbocycles. The first-order chi connectivity index (χ1) is 7.77. The van der Waals surface area contributed by atoms with Gasteiger partial charge in [-0.1, -0.05) is 20.8 Å². The number of aliphatic carboxylic acids is 1. The van der Waals surface area contributed by atoms with Crippen LogP contribution in [0.15, 0.2) is 0 Å². The van der Waals surface area contributed by atoms with Crippen LogP contribution in [-0.4, -0.2) is 36.7 Å². The Bertz CT molecular complexity index is 308. The first kappa shape index (κ1) is 14.0. The molecule has 0 aromatic heterocycles. The Labute approximate surface area is 102 Å². The summed E-state index contributed by atoms with van der Waals surface area (Å²) in [4.78, 5) is 22.3. The zero-order valence-electron chi connectivity index (χ0n) is 10.8. The van der Waals surface area contributed by atoms with E-state index in [1.165, 1.54) is 0 Å². The third-order valence-corrected chi connectivity index (χ3v) is 3.16. The number of ether oxygens (including phenoxy) is 1. The minimum atomic E-state index is -0.885. The highest BCUT2D eigenvalue weighted by Crippen LogP contribution is 2.38. The number of rotatable bonds is 5. The lowest BCUT2D eigenvalue weighted by molar-refractivity contribution is -0.140. The minimum absolute atomic E-state index is 0.0578. The van der Waals surface area contributed by atoms with Crippen molar-refractivity contribution >= 4 is 11.9 Å². The van der Waals surface area contributed by atoms with Crippen LogP contribution in [0.5, 0.6) is 0 Å². The summed E-state index contributed by atoms with van der Waals surface area (Å²) in [6, 6.07) is 0. The molecule has 3 atom stereocenters. The number of methoxy groups -OCH3 is 1. The molecule has 0 heterocycles. The SMILES string of the molecule is CO[C@H](CNC(=O)[C@@H]1C[C@H]1C(=O)O)C(C)(C)C. The molecule has 2 N–H and O–H groups in total. The first-order valence-corrected chi connectivity index (χ1v) is 5.80. The minimum Gasteiger partial charge on any atom is -0.481 e. The van der Waals surface area contributed by atoms with Crippen LogP contribution in [0.25, 0.3) is 0 Å². The lowest BCUT2D eigenvalue weighted by Gasteiger charge is -2.29. The molecule has 1 rings (SSSR count). The molecule has 0 radical (unpaired) electrons. The lowest BCUT2D eigenvalue weighted by atomic mass is 9.89. The predicted molar refractivity (Wildman–Crippen MR) is 62.5 cm³/mol. The van der Waals surface area contributed by atoms with Gasteiger partial charge in [0.1, 0.15) is 0 Å². The Hall–Kier alpha value is -1.10.